The molecule has 0 aliphatic heterocycles. The van der Waals surface area contributed by atoms with Crippen molar-refractivity contribution >= 4 is 34.4 Å². The molecule has 4 atom stereocenters. The second kappa shape index (κ2) is 8.59. The zero-order valence-corrected chi connectivity index (χ0v) is 17.4. The van der Waals surface area contributed by atoms with Gasteiger partial charge in [-0.2, -0.15) is 0 Å². The number of nitrogens with one attached hydrogen (secondary N) is 1. The number of hydrogen-bond acceptors (Lipinski definition) is 7. The summed E-state index contributed by atoms with van der Waals surface area (Å²) in [7, 11) is 0. The van der Waals surface area contributed by atoms with Crippen molar-refractivity contribution in [3.05, 3.63) is 41.2 Å². The summed E-state index contributed by atoms with van der Waals surface area (Å²) in [6.07, 6.45) is -0.173. The fraction of sp³-hybridized carbons (Fsp3) is 0.381. The second-order valence-corrected chi connectivity index (χ2v) is 7.76. The van der Waals surface area contributed by atoms with Crippen molar-refractivity contribution in [3.8, 4) is 11.8 Å². The minimum atomic E-state index is -1.37. The molecule has 1 aliphatic carbocycles. The van der Waals surface area contributed by atoms with Gasteiger partial charge >= 0.3 is 5.97 Å². The van der Waals surface area contributed by atoms with Gasteiger partial charge in [-0.15, -0.1) is 0 Å². The number of imidazole rings is 1. The lowest BCUT2D eigenvalue weighted by Gasteiger charge is -2.18. The van der Waals surface area contributed by atoms with Gasteiger partial charge in [0.2, 0.25) is 0 Å². The highest BCUT2D eigenvalue weighted by Gasteiger charge is 2.46. The Bertz CT molecular complexity index is 1180. The molecule has 31 heavy (non-hydrogen) atoms. The third-order valence-corrected chi connectivity index (χ3v) is 5.51. The third kappa shape index (κ3) is 4.10. The number of aromatic nitrogens is 3. The predicted octanol–water partition coefficient (Wildman–Crippen LogP) is 2.27. The highest BCUT2D eigenvalue weighted by molar-refractivity contribution is 6.28. The number of carboxylic acid groups (broad SMARTS) is 1. The number of aliphatic carboxylic acids is 1. The van der Waals surface area contributed by atoms with Gasteiger partial charge in [-0.25, -0.2) is 9.97 Å². The van der Waals surface area contributed by atoms with E-state index in [0.29, 0.717) is 29.2 Å². The summed E-state index contributed by atoms with van der Waals surface area (Å²) >= 11 is 5.78. The molecule has 10 heteroatoms. The van der Waals surface area contributed by atoms with Crippen molar-refractivity contribution in [3.63, 3.8) is 0 Å². The van der Waals surface area contributed by atoms with Crippen LogP contribution in [0.5, 0.6) is 0 Å². The first-order valence-electron chi connectivity index (χ1n) is 9.86. The summed E-state index contributed by atoms with van der Waals surface area (Å²) in [5.74, 6) is 3.97. The standard InChI is InChI=1S/C21H21ClN4O5/c1-2-7-23-14-8-11(3-4-12-5-6-16(22)31-12)25-20-17(14)24-10-26(20)15-9-13(21(29)30)18(27)19(15)28/h5-6,8,10,13,15,18-19,27-28H,2,7,9H2,1H3,(H,23,25)(H,29,30)/t13-,15+,18+,19-/m0/s1. The Morgan fingerprint density at radius 2 is 2.16 bits per heavy atom. The molecule has 3 aromatic rings. The van der Waals surface area contributed by atoms with Gasteiger partial charge in [0.25, 0.3) is 0 Å². The lowest BCUT2D eigenvalue weighted by Crippen LogP contribution is -2.32. The normalized spacial score (nSPS) is 23.0. The summed E-state index contributed by atoms with van der Waals surface area (Å²) in [5, 5.41) is 33.5. The van der Waals surface area contributed by atoms with Crippen LogP contribution in [0.2, 0.25) is 5.22 Å². The average Bonchev–Trinajstić information content (AvgIpc) is 3.43. The Morgan fingerprint density at radius 1 is 1.35 bits per heavy atom. The van der Waals surface area contributed by atoms with Crippen LogP contribution in [0.1, 0.15) is 37.3 Å². The van der Waals surface area contributed by atoms with E-state index in [0.717, 1.165) is 12.1 Å². The Labute approximate surface area is 182 Å². The van der Waals surface area contributed by atoms with E-state index in [1.807, 2.05) is 6.92 Å². The van der Waals surface area contributed by atoms with Crippen LogP contribution in [0.3, 0.4) is 0 Å². The van der Waals surface area contributed by atoms with Crippen LogP contribution >= 0.6 is 11.6 Å². The molecule has 4 N–H and O–H groups in total. The van der Waals surface area contributed by atoms with Gasteiger partial charge in [0, 0.05) is 6.54 Å². The van der Waals surface area contributed by atoms with Crippen LogP contribution in [0.15, 0.2) is 28.9 Å². The quantitative estimate of drug-likeness (QED) is 0.440. The number of carbonyl (C=O) groups is 1. The number of halogens is 1. The van der Waals surface area contributed by atoms with Crippen molar-refractivity contribution in [2.24, 2.45) is 5.92 Å². The van der Waals surface area contributed by atoms with Crippen LogP contribution in [-0.2, 0) is 4.79 Å². The lowest BCUT2D eigenvalue weighted by molar-refractivity contribution is -0.145. The Hall–Kier alpha value is -3.06. The number of aliphatic hydroxyl groups excluding tert-OH is 2. The number of aliphatic hydroxyl groups is 2. The van der Waals surface area contributed by atoms with Gasteiger partial charge in [0.05, 0.1) is 30.1 Å². The van der Waals surface area contributed by atoms with E-state index in [1.54, 1.807) is 22.8 Å². The van der Waals surface area contributed by atoms with Gasteiger partial charge in [0.15, 0.2) is 16.6 Å². The molecule has 0 spiro atoms. The van der Waals surface area contributed by atoms with E-state index in [2.05, 4.69) is 27.1 Å². The van der Waals surface area contributed by atoms with Crippen molar-refractivity contribution < 1.29 is 24.5 Å². The maximum atomic E-state index is 11.4. The molecule has 1 fully saturated rings. The number of anilines is 1. The van der Waals surface area contributed by atoms with Crippen LogP contribution in [0, 0.1) is 17.8 Å². The summed E-state index contributed by atoms with van der Waals surface area (Å²) in [5.41, 5.74) is 2.16. The van der Waals surface area contributed by atoms with Crippen LogP contribution < -0.4 is 5.32 Å². The smallest absolute Gasteiger partial charge is 0.309 e. The van der Waals surface area contributed by atoms with E-state index >= 15 is 0 Å². The molecule has 0 saturated heterocycles. The minimum absolute atomic E-state index is 0.0589. The first kappa shape index (κ1) is 21.2. The molecule has 1 aliphatic rings. The summed E-state index contributed by atoms with van der Waals surface area (Å²) in [6, 6.07) is 4.33. The van der Waals surface area contributed by atoms with E-state index in [-0.39, 0.29) is 11.6 Å². The van der Waals surface area contributed by atoms with Gasteiger partial charge in [-0.1, -0.05) is 6.92 Å². The average molecular weight is 445 g/mol. The molecule has 162 valence electrons. The largest absolute Gasteiger partial charge is 0.481 e. The number of nitrogens with zero attached hydrogens (tertiary/aromatic N) is 3. The monoisotopic (exact) mass is 444 g/mol. The Kier molecular flexibility index (Phi) is 5.87. The lowest BCUT2D eigenvalue weighted by atomic mass is 10.1. The number of rotatable bonds is 5. The predicted molar refractivity (Wildman–Crippen MR) is 113 cm³/mol. The number of furan rings is 1. The molecule has 3 heterocycles. The Morgan fingerprint density at radius 3 is 2.81 bits per heavy atom. The summed E-state index contributed by atoms with van der Waals surface area (Å²) < 4.78 is 6.86. The van der Waals surface area contributed by atoms with Crippen LogP contribution in [0.4, 0.5) is 5.69 Å². The third-order valence-electron chi connectivity index (χ3n) is 5.31. The first-order chi connectivity index (χ1) is 14.9. The topological polar surface area (TPSA) is 134 Å². The second-order valence-electron chi connectivity index (χ2n) is 7.39. The summed E-state index contributed by atoms with van der Waals surface area (Å²) in [6.45, 7) is 2.74. The molecule has 0 bridgehead atoms. The van der Waals surface area contributed by atoms with Crippen molar-refractivity contribution in [1.29, 1.82) is 0 Å². The molecule has 0 radical (unpaired) electrons. The van der Waals surface area contributed by atoms with Crippen molar-refractivity contribution in [1.82, 2.24) is 14.5 Å². The van der Waals surface area contributed by atoms with Gasteiger partial charge in [0.1, 0.15) is 17.3 Å². The molecule has 9 nitrogen and oxygen atoms in total. The maximum absolute atomic E-state index is 11.4. The summed E-state index contributed by atoms with van der Waals surface area (Å²) in [4.78, 5) is 20.4. The van der Waals surface area contributed by atoms with Crippen molar-refractivity contribution in [2.75, 3.05) is 11.9 Å². The fourth-order valence-corrected chi connectivity index (χ4v) is 3.89. The number of carboxylic acids is 1. The SMILES string of the molecule is CCCNc1cc(C#Cc2ccc(Cl)o2)nc2c1ncn2[C@@H]1C[C@H](C(=O)O)[C@@H](O)[C@H]1O. The van der Waals surface area contributed by atoms with Crippen LogP contribution in [0.25, 0.3) is 11.2 Å². The highest BCUT2D eigenvalue weighted by Crippen LogP contribution is 2.37. The Balaban J connectivity index is 1.77. The number of hydrogen-bond donors (Lipinski definition) is 4. The van der Waals surface area contributed by atoms with E-state index in [9.17, 15) is 20.1 Å². The molecule has 0 aromatic carbocycles. The zero-order valence-electron chi connectivity index (χ0n) is 16.6. The minimum Gasteiger partial charge on any atom is -0.481 e. The van der Waals surface area contributed by atoms with Gasteiger partial charge < -0.3 is 29.6 Å². The molecule has 0 amide bonds. The molecule has 4 rings (SSSR count). The van der Waals surface area contributed by atoms with Gasteiger partial charge in [-0.05, 0) is 54.5 Å². The fourth-order valence-electron chi connectivity index (χ4n) is 3.74. The maximum Gasteiger partial charge on any atom is 0.309 e. The van der Waals surface area contributed by atoms with E-state index in [4.69, 9.17) is 16.0 Å². The first-order valence-corrected chi connectivity index (χ1v) is 10.2. The van der Waals surface area contributed by atoms with Crippen LogP contribution in [-0.4, -0.2) is 54.6 Å². The van der Waals surface area contributed by atoms with E-state index < -0.39 is 30.1 Å². The molecular weight excluding hydrogens is 424 g/mol. The van der Waals surface area contributed by atoms with Crippen molar-refractivity contribution in [2.45, 2.75) is 38.0 Å². The van der Waals surface area contributed by atoms with Gasteiger partial charge in [-0.3, -0.25) is 4.79 Å². The highest BCUT2D eigenvalue weighted by atomic mass is 35.5. The molecular formula is C21H21ClN4O5. The molecule has 0 unspecified atom stereocenters. The van der Waals surface area contributed by atoms with E-state index in [1.165, 1.54) is 6.33 Å². The number of fused-ring (bicyclic) bond motifs is 1. The molecule has 3 aromatic heterocycles. The number of pyridine rings is 1. The molecule has 1 saturated carbocycles. The zero-order chi connectivity index (χ0) is 22.1.